The number of halogens is 1. The van der Waals surface area contributed by atoms with Gasteiger partial charge in [-0.3, -0.25) is 0 Å². The highest BCUT2D eigenvalue weighted by atomic mass is 35.5. The minimum absolute atomic E-state index is 0.344. The van der Waals surface area contributed by atoms with Gasteiger partial charge in [0.1, 0.15) is 5.75 Å². The van der Waals surface area contributed by atoms with Crippen LogP contribution in [0.15, 0.2) is 24.3 Å². The summed E-state index contributed by atoms with van der Waals surface area (Å²) in [5.74, 6) is 2.18. The van der Waals surface area contributed by atoms with E-state index in [4.69, 9.17) is 16.3 Å². The molecule has 0 heterocycles. The van der Waals surface area contributed by atoms with Gasteiger partial charge in [-0.15, -0.1) is 11.6 Å². The zero-order valence-electron chi connectivity index (χ0n) is 10.7. The normalized spacial score (nSPS) is 28.3. The van der Waals surface area contributed by atoms with Crippen molar-refractivity contribution in [3.63, 3.8) is 0 Å². The Kier molecular flexibility index (Phi) is 4.33. The zero-order chi connectivity index (χ0) is 12.3. The molecule has 1 fully saturated rings. The van der Waals surface area contributed by atoms with E-state index in [-0.39, 0.29) is 0 Å². The van der Waals surface area contributed by atoms with Crippen LogP contribution in [-0.4, -0.2) is 12.0 Å². The third-order valence-corrected chi connectivity index (χ3v) is 4.36. The molecule has 0 N–H and O–H groups in total. The maximum absolute atomic E-state index is 6.28. The standard InChI is InChI=1S/C15H21ClO/c1-3-10-17-13-6-4-12(5-7-13)14-8-9-15(16)11(14)2/h4-7,11,14-15H,3,8-10H2,1-2H3. The molecular weight excluding hydrogens is 232 g/mol. The van der Waals surface area contributed by atoms with Crippen LogP contribution in [0.25, 0.3) is 0 Å². The van der Waals surface area contributed by atoms with Crippen LogP contribution in [0.5, 0.6) is 5.75 Å². The Bertz CT molecular complexity index is 346. The average molecular weight is 253 g/mol. The molecule has 1 aromatic rings. The summed E-state index contributed by atoms with van der Waals surface area (Å²) in [5, 5.41) is 0.344. The van der Waals surface area contributed by atoms with E-state index in [0.29, 0.717) is 17.2 Å². The van der Waals surface area contributed by atoms with Crippen molar-refractivity contribution in [1.29, 1.82) is 0 Å². The number of benzene rings is 1. The van der Waals surface area contributed by atoms with Crippen LogP contribution in [0.3, 0.4) is 0 Å². The molecule has 3 unspecified atom stereocenters. The molecule has 1 nitrogen and oxygen atoms in total. The van der Waals surface area contributed by atoms with Crippen molar-refractivity contribution in [3.8, 4) is 5.75 Å². The van der Waals surface area contributed by atoms with Gasteiger partial charge in [0.25, 0.3) is 0 Å². The van der Waals surface area contributed by atoms with Crippen LogP contribution >= 0.6 is 11.6 Å². The highest BCUT2D eigenvalue weighted by molar-refractivity contribution is 6.21. The maximum atomic E-state index is 6.28. The van der Waals surface area contributed by atoms with Crippen LogP contribution < -0.4 is 4.74 Å². The molecule has 1 saturated carbocycles. The molecule has 0 radical (unpaired) electrons. The lowest BCUT2D eigenvalue weighted by Gasteiger charge is -2.17. The fraction of sp³-hybridized carbons (Fsp3) is 0.600. The summed E-state index contributed by atoms with van der Waals surface area (Å²) in [7, 11) is 0. The molecule has 3 atom stereocenters. The van der Waals surface area contributed by atoms with Gasteiger partial charge in [-0.25, -0.2) is 0 Å². The van der Waals surface area contributed by atoms with Gasteiger partial charge in [0.15, 0.2) is 0 Å². The highest BCUT2D eigenvalue weighted by Gasteiger charge is 2.32. The molecule has 0 saturated heterocycles. The molecule has 0 spiro atoms. The molecule has 1 aromatic carbocycles. The Hall–Kier alpha value is -0.690. The summed E-state index contributed by atoms with van der Waals surface area (Å²) < 4.78 is 5.59. The predicted octanol–water partition coefficient (Wildman–Crippen LogP) is 4.60. The third kappa shape index (κ3) is 2.95. The van der Waals surface area contributed by atoms with E-state index in [9.17, 15) is 0 Å². The first-order valence-electron chi connectivity index (χ1n) is 6.59. The van der Waals surface area contributed by atoms with Crippen molar-refractivity contribution in [2.45, 2.75) is 44.4 Å². The van der Waals surface area contributed by atoms with E-state index in [1.165, 1.54) is 12.0 Å². The Morgan fingerprint density at radius 1 is 1.24 bits per heavy atom. The summed E-state index contributed by atoms with van der Waals surface area (Å²) in [4.78, 5) is 0. The quantitative estimate of drug-likeness (QED) is 0.712. The number of rotatable bonds is 4. The van der Waals surface area contributed by atoms with E-state index in [1.807, 2.05) is 0 Å². The number of alkyl halides is 1. The first kappa shape index (κ1) is 12.8. The molecule has 2 heteroatoms. The maximum Gasteiger partial charge on any atom is 0.119 e. The van der Waals surface area contributed by atoms with E-state index in [0.717, 1.165) is 25.2 Å². The van der Waals surface area contributed by atoms with Crippen molar-refractivity contribution < 1.29 is 4.74 Å². The van der Waals surface area contributed by atoms with Crippen LogP contribution in [0.1, 0.15) is 44.6 Å². The van der Waals surface area contributed by atoms with Crippen LogP contribution in [0.2, 0.25) is 0 Å². The first-order chi connectivity index (χ1) is 8.22. The van der Waals surface area contributed by atoms with E-state index >= 15 is 0 Å². The first-order valence-corrected chi connectivity index (χ1v) is 7.03. The van der Waals surface area contributed by atoms with E-state index in [2.05, 4.69) is 38.1 Å². The molecule has 1 aliphatic carbocycles. The average Bonchev–Trinajstić information content (AvgIpc) is 2.68. The summed E-state index contributed by atoms with van der Waals surface area (Å²) in [6.45, 7) is 5.18. The molecule has 94 valence electrons. The molecular formula is C15H21ClO. The Morgan fingerprint density at radius 2 is 1.94 bits per heavy atom. The minimum atomic E-state index is 0.344. The van der Waals surface area contributed by atoms with Gasteiger partial charge in [0.05, 0.1) is 6.61 Å². The Morgan fingerprint density at radius 3 is 2.47 bits per heavy atom. The smallest absolute Gasteiger partial charge is 0.119 e. The molecule has 17 heavy (non-hydrogen) atoms. The molecule has 1 aliphatic rings. The molecule has 0 aromatic heterocycles. The second-order valence-electron chi connectivity index (χ2n) is 4.98. The van der Waals surface area contributed by atoms with E-state index in [1.54, 1.807) is 0 Å². The van der Waals surface area contributed by atoms with Gasteiger partial charge < -0.3 is 4.74 Å². The van der Waals surface area contributed by atoms with Crippen LogP contribution in [0.4, 0.5) is 0 Å². The van der Waals surface area contributed by atoms with Gasteiger partial charge in [-0.1, -0.05) is 26.0 Å². The summed E-state index contributed by atoms with van der Waals surface area (Å²) in [6.07, 6.45) is 3.40. The minimum Gasteiger partial charge on any atom is -0.494 e. The lowest BCUT2D eigenvalue weighted by atomic mass is 9.90. The summed E-state index contributed by atoms with van der Waals surface area (Å²) in [5.41, 5.74) is 1.41. The van der Waals surface area contributed by atoms with Crippen molar-refractivity contribution >= 4 is 11.6 Å². The van der Waals surface area contributed by atoms with Crippen molar-refractivity contribution in [2.75, 3.05) is 6.61 Å². The Balaban J connectivity index is 2.02. The van der Waals surface area contributed by atoms with Gasteiger partial charge in [-0.05, 0) is 48.8 Å². The SMILES string of the molecule is CCCOc1ccc(C2CCC(Cl)C2C)cc1. The second-order valence-corrected chi connectivity index (χ2v) is 5.54. The number of hydrogen-bond donors (Lipinski definition) is 0. The molecule has 0 amide bonds. The summed E-state index contributed by atoms with van der Waals surface area (Å²) in [6, 6.07) is 8.56. The predicted molar refractivity (Wildman–Crippen MR) is 73.0 cm³/mol. The fourth-order valence-electron chi connectivity index (χ4n) is 2.62. The number of ether oxygens (including phenoxy) is 1. The van der Waals surface area contributed by atoms with Crippen molar-refractivity contribution in [3.05, 3.63) is 29.8 Å². The fourth-order valence-corrected chi connectivity index (χ4v) is 2.92. The topological polar surface area (TPSA) is 9.23 Å². The lowest BCUT2D eigenvalue weighted by Crippen LogP contribution is -2.09. The summed E-state index contributed by atoms with van der Waals surface area (Å²) >= 11 is 6.28. The van der Waals surface area contributed by atoms with E-state index < -0.39 is 0 Å². The lowest BCUT2D eigenvalue weighted by molar-refractivity contribution is 0.317. The highest BCUT2D eigenvalue weighted by Crippen LogP contribution is 2.42. The van der Waals surface area contributed by atoms with Gasteiger partial charge in [0.2, 0.25) is 0 Å². The van der Waals surface area contributed by atoms with Crippen molar-refractivity contribution in [1.82, 2.24) is 0 Å². The number of hydrogen-bond acceptors (Lipinski definition) is 1. The monoisotopic (exact) mass is 252 g/mol. The molecule has 2 rings (SSSR count). The van der Waals surface area contributed by atoms with Crippen LogP contribution in [0, 0.1) is 5.92 Å². The third-order valence-electron chi connectivity index (χ3n) is 3.74. The second kappa shape index (κ2) is 5.77. The zero-order valence-corrected chi connectivity index (χ0v) is 11.4. The van der Waals surface area contributed by atoms with Crippen molar-refractivity contribution in [2.24, 2.45) is 5.92 Å². The Labute approximate surface area is 109 Å². The molecule has 0 bridgehead atoms. The largest absolute Gasteiger partial charge is 0.494 e. The molecule has 0 aliphatic heterocycles. The van der Waals surface area contributed by atoms with Gasteiger partial charge >= 0.3 is 0 Å². The van der Waals surface area contributed by atoms with Gasteiger partial charge in [-0.2, -0.15) is 0 Å². The van der Waals surface area contributed by atoms with Crippen LogP contribution in [-0.2, 0) is 0 Å². The van der Waals surface area contributed by atoms with Gasteiger partial charge in [0, 0.05) is 5.38 Å².